The highest BCUT2D eigenvalue weighted by molar-refractivity contribution is 7.89. The maximum atomic E-state index is 13.5. The molecule has 1 N–H and O–H groups in total. The molecule has 0 radical (unpaired) electrons. The second-order valence-electron chi connectivity index (χ2n) is 8.00. The molecule has 168 valence electrons. The van der Waals surface area contributed by atoms with Crippen molar-refractivity contribution in [3.05, 3.63) is 58.6 Å². The van der Waals surface area contributed by atoms with Crippen LogP contribution in [-0.4, -0.2) is 31.2 Å². The Kier molecular flexibility index (Phi) is 8.14. The largest absolute Gasteiger partial charge is 0.324 e. The van der Waals surface area contributed by atoms with Gasteiger partial charge in [-0.05, 0) is 61.1 Å². The molecule has 0 aromatic heterocycles. The van der Waals surface area contributed by atoms with Gasteiger partial charge in [-0.15, -0.1) is 0 Å². The summed E-state index contributed by atoms with van der Waals surface area (Å²) in [5, 5.41) is 3.49. The molecule has 2 aromatic rings. The fraction of sp³-hybridized carbons (Fsp3) is 0.458. The number of sulfonamides is 1. The predicted molar refractivity (Wildman–Crippen MR) is 126 cm³/mol. The first kappa shape index (κ1) is 23.8. The van der Waals surface area contributed by atoms with E-state index in [2.05, 4.69) is 5.32 Å². The smallest absolute Gasteiger partial charge is 0.243 e. The maximum Gasteiger partial charge on any atom is 0.243 e. The Labute approximate surface area is 190 Å². The molecule has 1 fully saturated rings. The van der Waals surface area contributed by atoms with Gasteiger partial charge >= 0.3 is 0 Å². The van der Waals surface area contributed by atoms with Crippen molar-refractivity contribution in [3.8, 4) is 0 Å². The highest BCUT2D eigenvalue weighted by atomic mass is 35.5. The van der Waals surface area contributed by atoms with Gasteiger partial charge in [0.1, 0.15) is 0 Å². The summed E-state index contributed by atoms with van der Waals surface area (Å²) in [5.41, 5.74) is 2.92. The van der Waals surface area contributed by atoms with Crippen LogP contribution in [0.25, 0.3) is 0 Å². The highest BCUT2D eigenvalue weighted by Crippen LogP contribution is 2.29. The summed E-state index contributed by atoms with van der Waals surface area (Å²) in [5.74, 6) is -0.307. The number of aryl methyl sites for hydroxylation is 2. The second kappa shape index (κ2) is 10.6. The van der Waals surface area contributed by atoms with Crippen molar-refractivity contribution in [2.45, 2.75) is 69.7 Å². The minimum absolute atomic E-state index is 0.165. The number of rotatable bonds is 8. The van der Waals surface area contributed by atoms with Gasteiger partial charge in [0.2, 0.25) is 15.9 Å². The molecule has 0 bridgehead atoms. The van der Waals surface area contributed by atoms with Crippen LogP contribution in [0.3, 0.4) is 0 Å². The molecule has 1 aliphatic rings. The van der Waals surface area contributed by atoms with Crippen LogP contribution >= 0.6 is 11.6 Å². The van der Waals surface area contributed by atoms with E-state index in [9.17, 15) is 13.2 Å². The van der Waals surface area contributed by atoms with Gasteiger partial charge in [-0.3, -0.25) is 4.79 Å². The second-order valence-corrected chi connectivity index (χ2v) is 10.3. The molecule has 0 aliphatic heterocycles. The van der Waals surface area contributed by atoms with E-state index >= 15 is 0 Å². The van der Waals surface area contributed by atoms with E-state index in [0.29, 0.717) is 5.02 Å². The number of hydrogen-bond donors (Lipinski definition) is 1. The lowest BCUT2D eigenvalue weighted by molar-refractivity contribution is -0.116. The Morgan fingerprint density at radius 1 is 1.00 bits per heavy atom. The summed E-state index contributed by atoms with van der Waals surface area (Å²) < 4.78 is 28.4. The number of amides is 1. The van der Waals surface area contributed by atoms with Crippen molar-refractivity contribution in [1.82, 2.24) is 4.31 Å². The fourth-order valence-corrected chi connectivity index (χ4v) is 6.01. The molecule has 0 spiro atoms. The monoisotopic (exact) mass is 462 g/mol. The van der Waals surface area contributed by atoms with Crippen LogP contribution < -0.4 is 5.32 Å². The normalized spacial score (nSPS) is 15.2. The van der Waals surface area contributed by atoms with Crippen LogP contribution in [0.2, 0.25) is 5.02 Å². The van der Waals surface area contributed by atoms with Crippen LogP contribution in [0.5, 0.6) is 0 Å². The first-order valence-corrected chi connectivity index (χ1v) is 12.9. The van der Waals surface area contributed by atoms with Crippen LogP contribution in [-0.2, 0) is 27.7 Å². The third-order valence-electron chi connectivity index (χ3n) is 5.96. The van der Waals surface area contributed by atoms with Crippen molar-refractivity contribution in [2.75, 3.05) is 11.9 Å². The van der Waals surface area contributed by atoms with Crippen LogP contribution in [0.4, 0.5) is 5.69 Å². The van der Waals surface area contributed by atoms with Gasteiger partial charge in [0.05, 0.1) is 11.4 Å². The summed E-state index contributed by atoms with van der Waals surface area (Å²) in [6, 6.07) is 12.0. The maximum absolute atomic E-state index is 13.5. The van der Waals surface area contributed by atoms with E-state index in [0.717, 1.165) is 61.8 Å². The first-order chi connectivity index (χ1) is 14.9. The number of nitrogens with one attached hydrogen (secondary N) is 1. The molecule has 31 heavy (non-hydrogen) atoms. The van der Waals surface area contributed by atoms with Gasteiger partial charge in [-0.25, -0.2) is 8.42 Å². The molecule has 7 heteroatoms. The Balaban J connectivity index is 1.89. The zero-order valence-corrected chi connectivity index (χ0v) is 19.8. The number of carbonyl (C=O) groups is 1. The van der Waals surface area contributed by atoms with E-state index in [-0.39, 0.29) is 23.4 Å². The zero-order chi connectivity index (χ0) is 22.4. The molecule has 1 saturated carbocycles. The van der Waals surface area contributed by atoms with Gasteiger partial charge in [0, 0.05) is 16.8 Å². The van der Waals surface area contributed by atoms with E-state index < -0.39 is 10.0 Å². The number of para-hydroxylation sites is 1. The van der Waals surface area contributed by atoms with Crippen LogP contribution in [0, 0.1) is 0 Å². The molecule has 5 nitrogen and oxygen atoms in total. The van der Waals surface area contributed by atoms with Crippen LogP contribution in [0.1, 0.15) is 57.1 Å². The van der Waals surface area contributed by atoms with Crippen molar-refractivity contribution in [3.63, 3.8) is 0 Å². The lowest BCUT2D eigenvalue weighted by Gasteiger charge is -2.33. The van der Waals surface area contributed by atoms with E-state index in [1.165, 1.54) is 16.4 Å². The standard InChI is InChI=1S/C24H31ClN2O3S/c1-3-18-9-8-10-19(4-2)24(18)26-23(28)17-27(21-11-6-5-7-12-21)31(29,30)22-15-13-20(25)14-16-22/h8-10,13-16,21H,3-7,11-12,17H2,1-2H3,(H,26,28). The third kappa shape index (κ3) is 5.68. The number of carbonyl (C=O) groups excluding carboxylic acids is 1. The number of hydrogen-bond acceptors (Lipinski definition) is 3. The van der Waals surface area contributed by atoms with Crippen molar-refractivity contribution >= 4 is 33.2 Å². The Morgan fingerprint density at radius 3 is 2.13 bits per heavy atom. The number of anilines is 1. The predicted octanol–water partition coefficient (Wildman–Crippen LogP) is 5.43. The van der Waals surface area contributed by atoms with Gasteiger partial charge < -0.3 is 5.32 Å². The summed E-state index contributed by atoms with van der Waals surface area (Å²) in [7, 11) is -3.82. The molecule has 1 aliphatic carbocycles. The molecule has 0 unspecified atom stereocenters. The molecule has 1 amide bonds. The lowest BCUT2D eigenvalue weighted by Crippen LogP contribution is -2.45. The fourth-order valence-electron chi connectivity index (χ4n) is 4.24. The van der Waals surface area contributed by atoms with E-state index in [1.54, 1.807) is 12.1 Å². The molecular formula is C24H31ClN2O3S. The average molecular weight is 463 g/mol. The third-order valence-corrected chi connectivity index (χ3v) is 8.13. The number of benzene rings is 2. The highest BCUT2D eigenvalue weighted by Gasteiger charge is 2.34. The molecule has 0 heterocycles. The van der Waals surface area contributed by atoms with Gasteiger partial charge in [-0.2, -0.15) is 4.31 Å². The Bertz CT molecular complexity index is 978. The van der Waals surface area contributed by atoms with Crippen molar-refractivity contribution < 1.29 is 13.2 Å². The Morgan fingerprint density at radius 2 is 1.58 bits per heavy atom. The SMILES string of the molecule is CCc1cccc(CC)c1NC(=O)CN(C1CCCCC1)S(=O)(=O)c1ccc(Cl)cc1. The molecule has 2 aromatic carbocycles. The summed E-state index contributed by atoms with van der Waals surface area (Å²) >= 11 is 5.95. The number of halogens is 1. The van der Waals surface area contributed by atoms with Crippen LogP contribution in [0.15, 0.2) is 47.4 Å². The van der Waals surface area contributed by atoms with E-state index in [1.807, 2.05) is 32.0 Å². The average Bonchev–Trinajstić information content (AvgIpc) is 2.78. The van der Waals surface area contributed by atoms with E-state index in [4.69, 9.17) is 11.6 Å². The zero-order valence-electron chi connectivity index (χ0n) is 18.2. The topological polar surface area (TPSA) is 66.5 Å². The summed E-state index contributed by atoms with van der Waals surface area (Å²) in [4.78, 5) is 13.3. The summed E-state index contributed by atoms with van der Waals surface area (Å²) in [6.45, 7) is 3.89. The molecule has 0 atom stereocenters. The molecular weight excluding hydrogens is 432 g/mol. The van der Waals surface area contributed by atoms with Gasteiger partial charge in [-0.1, -0.05) is 62.9 Å². The Hall–Kier alpha value is -1.89. The minimum atomic E-state index is -3.82. The van der Waals surface area contributed by atoms with Gasteiger partial charge in [0.15, 0.2) is 0 Å². The molecule has 0 saturated heterocycles. The van der Waals surface area contributed by atoms with Gasteiger partial charge in [0.25, 0.3) is 0 Å². The number of nitrogens with zero attached hydrogens (tertiary/aromatic N) is 1. The molecule has 3 rings (SSSR count). The minimum Gasteiger partial charge on any atom is -0.324 e. The van der Waals surface area contributed by atoms with Crippen molar-refractivity contribution in [2.24, 2.45) is 0 Å². The first-order valence-electron chi connectivity index (χ1n) is 11.0. The van der Waals surface area contributed by atoms with Crippen molar-refractivity contribution in [1.29, 1.82) is 0 Å². The summed E-state index contributed by atoms with van der Waals surface area (Å²) in [6.07, 6.45) is 6.16. The lowest BCUT2D eigenvalue weighted by atomic mass is 9.95. The quantitative estimate of drug-likeness (QED) is 0.569.